The molecule has 0 aromatic heterocycles. The summed E-state index contributed by atoms with van der Waals surface area (Å²) in [7, 11) is 3.31. The molecule has 0 aliphatic carbocycles. The number of aliphatic imine (C=N–C) groups is 1. The monoisotopic (exact) mass is 466 g/mol. The van der Waals surface area contributed by atoms with Gasteiger partial charge in [-0.05, 0) is 54.1 Å². The van der Waals surface area contributed by atoms with Crippen LogP contribution in [0, 0.1) is 0 Å². The quantitative estimate of drug-likeness (QED) is 0.528. The van der Waals surface area contributed by atoms with Gasteiger partial charge in [-0.1, -0.05) is 34.1 Å². The molecule has 154 valence electrons. The van der Waals surface area contributed by atoms with Crippen molar-refractivity contribution in [3.05, 3.63) is 87.9 Å². The Morgan fingerprint density at radius 3 is 2.43 bits per heavy atom. The molecule has 3 aromatic rings. The highest BCUT2D eigenvalue weighted by atomic mass is 79.9. The molecule has 0 radical (unpaired) electrons. The number of phenols is 1. The van der Waals surface area contributed by atoms with Crippen molar-refractivity contribution in [1.29, 1.82) is 0 Å². The Morgan fingerprint density at radius 2 is 1.73 bits per heavy atom. The highest BCUT2D eigenvalue weighted by Crippen LogP contribution is 2.37. The predicted molar refractivity (Wildman–Crippen MR) is 122 cm³/mol. The second kappa shape index (κ2) is 8.90. The number of phenolic OH excluding ortho intramolecular Hbond substituents is 1. The number of benzene rings is 3. The van der Waals surface area contributed by atoms with Crippen LogP contribution in [0.1, 0.15) is 35.3 Å². The fraction of sp³-hybridized carbons (Fsp3) is 0.208. The van der Waals surface area contributed by atoms with Crippen LogP contribution >= 0.6 is 15.9 Å². The molecule has 3 aromatic carbocycles. The smallest absolute Gasteiger partial charge is 0.130 e. The highest BCUT2D eigenvalue weighted by molar-refractivity contribution is 9.10. The van der Waals surface area contributed by atoms with Crippen LogP contribution in [-0.4, -0.2) is 25.0 Å². The van der Waals surface area contributed by atoms with Crippen molar-refractivity contribution in [2.45, 2.75) is 18.6 Å². The van der Waals surface area contributed by atoms with Crippen molar-refractivity contribution in [2.75, 3.05) is 14.2 Å². The van der Waals surface area contributed by atoms with Gasteiger partial charge >= 0.3 is 0 Å². The zero-order valence-electron chi connectivity index (χ0n) is 16.8. The van der Waals surface area contributed by atoms with Gasteiger partial charge in [-0.3, -0.25) is 10.3 Å². The molecule has 4 rings (SSSR count). The van der Waals surface area contributed by atoms with Crippen molar-refractivity contribution in [2.24, 2.45) is 4.99 Å². The van der Waals surface area contributed by atoms with E-state index in [4.69, 9.17) is 14.5 Å². The average Bonchev–Trinajstić information content (AvgIpc) is 2.79. The van der Waals surface area contributed by atoms with Crippen molar-refractivity contribution in [3.63, 3.8) is 0 Å². The molecule has 0 saturated heterocycles. The minimum Gasteiger partial charge on any atom is -0.508 e. The molecule has 1 heterocycles. The Kier molecular flexibility index (Phi) is 6.06. The van der Waals surface area contributed by atoms with Crippen LogP contribution in [0.5, 0.6) is 17.2 Å². The lowest BCUT2D eigenvalue weighted by molar-refractivity contribution is 0.381. The molecule has 1 aliphatic rings. The third kappa shape index (κ3) is 4.20. The number of hydrogen-bond acceptors (Lipinski definition) is 5. The molecule has 0 saturated carbocycles. The topological polar surface area (TPSA) is 63.1 Å². The molecule has 5 nitrogen and oxygen atoms in total. The van der Waals surface area contributed by atoms with Gasteiger partial charge in [0.05, 0.1) is 14.2 Å². The zero-order chi connectivity index (χ0) is 21.1. The van der Waals surface area contributed by atoms with Gasteiger partial charge < -0.3 is 14.6 Å². The molecule has 2 atom stereocenters. The molecule has 2 N–H and O–H groups in total. The van der Waals surface area contributed by atoms with Crippen molar-refractivity contribution >= 4 is 21.6 Å². The maximum Gasteiger partial charge on any atom is 0.130 e. The average molecular weight is 467 g/mol. The van der Waals surface area contributed by atoms with Crippen LogP contribution in [0.2, 0.25) is 0 Å². The fourth-order valence-corrected chi connectivity index (χ4v) is 4.10. The van der Waals surface area contributed by atoms with E-state index >= 15 is 0 Å². The normalized spacial score (nSPS) is 18.6. The largest absolute Gasteiger partial charge is 0.508 e. The van der Waals surface area contributed by atoms with Crippen LogP contribution in [0.25, 0.3) is 0 Å². The maximum atomic E-state index is 10.5. The van der Waals surface area contributed by atoms with E-state index < -0.39 is 0 Å². The van der Waals surface area contributed by atoms with E-state index in [0.717, 1.165) is 38.4 Å². The number of para-hydroxylation sites is 1. The Morgan fingerprint density at radius 1 is 0.967 bits per heavy atom. The maximum absolute atomic E-state index is 10.5. The van der Waals surface area contributed by atoms with Gasteiger partial charge in [-0.2, -0.15) is 0 Å². The van der Waals surface area contributed by atoms with E-state index in [1.807, 2.05) is 60.7 Å². The first-order chi connectivity index (χ1) is 14.6. The number of hydrogen-bond donors (Lipinski definition) is 2. The van der Waals surface area contributed by atoms with E-state index in [0.29, 0.717) is 6.42 Å². The minimum atomic E-state index is -0.326. The SMILES string of the molecule is COc1ccc(C2=N[C@@H](c3cc(Br)ccc3OC)N[C@H](c3ccccc3O)C2)cc1. The molecule has 6 heteroatoms. The second-order valence-corrected chi connectivity index (χ2v) is 7.99. The van der Waals surface area contributed by atoms with Crippen LogP contribution in [0.4, 0.5) is 0 Å². The first kappa shape index (κ1) is 20.4. The van der Waals surface area contributed by atoms with E-state index in [9.17, 15) is 5.11 Å². The van der Waals surface area contributed by atoms with Gasteiger partial charge in [-0.25, -0.2) is 0 Å². The van der Waals surface area contributed by atoms with Crippen LogP contribution in [-0.2, 0) is 0 Å². The first-order valence-corrected chi connectivity index (χ1v) is 10.5. The molecular weight excluding hydrogens is 444 g/mol. The van der Waals surface area contributed by atoms with Gasteiger partial charge in [-0.15, -0.1) is 0 Å². The van der Waals surface area contributed by atoms with Crippen LogP contribution < -0.4 is 14.8 Å². The van der Waals surface area contributed by atoms with Gasteiger partial charge in [0.2, 0.25) is 0 Å². The van der Waals surface area contributed by atoms with Gasteiger partial charge in [0.15, 0.2) is 0 Å². The van der Waals surface area contributed by atoms with E-state index in [2.05, 4.69) is 21.2 Å². The number of nitrogens with zero attached hydrogens (tertiary/aromatic N) is 1. The van der Waals surface area contributed by atoms with E-state index in [1.165, 1.54) is 0 Å². The summed E-state index contributed by atoms with van der Waals surface area (Å²) < 4.78 is 11.8. The standard InChI is InChI=1S/C24H23BrN2O3/c1-29-17-10-7-15(8-11-17)20-14-21(18-5-3-4-6-22(18)28)27-24(26-20)19-13-16(25)9-12-23(19)30-2/h3-13,21,24,27-28H,14H2,1-2H3/t21-,24+/m0/s1. The summed E-state index contributed by atoms with van der Waals surface area (Å²) in [5, 5.41) is 14.0. The Hall–Kier alpha value is -2.83. The van der Waals surface area contributed by atoms with Crippen LogP contribution in [0.3, 0.4) is 0 Å². The van der Waals surface area contributed by atoms with Crippen molar-refractivity contribution in [1.82, 2.24) is 5.32 Å². The molecule has 0 amide bonds. The van der Waals surface area contributed by atoms with Gasteiger partial charge in [0.1, 0.15) is 23.4 Å². The summed E-state index contributed by atoms with van der Waals surface area (Å²) in [5.74, 6) is 1.83. The third-order valence-corrected chi connectivity index (χ3v) is 5.76. The van der Waals surface area contributed by atoms with Crippen molar-refractivity contribution in [3.8, 4) is 17.2 Å². The van der Waals surface area contributed by atoms with E-state index in [-0.39, 0.29) is 18.0 Å². The van der Waals surface area contributed by atoms with E-state index in [1.54, 1.807) is 20.3 Å². The zero-order valence-corrected chi connectivity index (χ0v) is 18.4. The van der Waals surface area contributed by atoms with Gasteiger partial charge in [0.25, 0.3) is 0 Å². The fourth-order valence-electron chi connectivity index (χ4n) is 3.72. The summed E-state index contributed by atoms with van der Waals surface area (Å²) >= 11 is 3.55. The Labute approximate surface area is 184 Å². The lowest BCUT2D eigenvalue weighted by Gasteiger charge is -2.31. The minimum absolute atomic E-state index is 0.102. The number of nitrogens with one attached hydrogen (secondary N) is 1. The highest BCUT2D eigenvalue weighted by Gasteiger charge is 2.29. The first-order valence-electron chi connectivity index (χ1n) is 9.67. The molecule has 1 aliphatic heterocycles. The summed E-state index contributed by atoms with van der Waals surface area (Å²) in [6.07, 6.45) is 0.324. The predicted octanol–water partition coefficient (Wildman–Crippen LogP) is 5.39. The lowest BCUT2D eigenvalue weighted by Crippen LogP contribution is -2.33. The number of rotatable bonds is 5. The molecule has 0 fully saturated rings. The molecule has 0 bridgehead atoms. The summed E-state index contributed by atoms with van der Waals surface area (Å²) in [6.45, 7) is 0. The van der Waals surface area contributed by atoms with Crippen LogP contribution in [0.15, 0.2) is 76.2 Å². The van der Waals surface area contributed by atoms with Crippen molar-refractivity contribution < 1.29 is 14.6 Å². The molecule has 30 heavy (non-hydrogen) atoms. The Bertz CT molecular complexity index is 1070. The number of aromatic hydroxyl groups is 1. The summed E-state index contributed by atoms with van der Waals surface area (Å²) in [4.78, 5) is 5.02. The molecule has 0 spiro atoms. The lowest BCUT2D eigenvalue weighted by atomic mass is 9.93. The van der Waals surface area contributed by atoms with Gasteiger partial charge in [0, 0.05) is 33.8 Å². The molecular formula is C24H23BrN2O3. The molecule has 0 unspecified atom stereocenters. The summed E-state index contributed by atoms with van der Waals surface area (Å²) in [5.41, 5.74) is 3.75. The summed E-state index contributed by atoms with van der Waals surface area (Å²) in [6, 6.07) is 21.1. The number of halogens is 1. The second-order valence-electron chi connectivity index (χ2n) is 7.08. The number of ether oxygens (including phenoxy) is 2. The Balaban J connectivity index is 1.79. The third-order valence-electron chi connectivity index (χ3n) is 5.26. The number of methoxy groups -OCH3 is 2.